The number of rotatable bonds is 7. The van der Waals surface area contributed by atoms with Crippen molar-refractivity contribution >= 4 is 23.4 Å². The lowest BCUT2D eigenvalue weighted by atomic mass is 9.68. The second kappa shape index (κ2) is 9.73. The van der Waals surface area contributed by atoms with Gasteiger partial charge in [-0.15, -0.1) is 0 Å². The van der Waals surface area contributed by atoms with Crippen LogP contribution in [0.15, 0.2) is 72.8 Å². The van der Waals surface area contributed by atoms with Crippen molar-refractivity contribution in [2.75, 3.05) is 17.6 Å². The van der Waals surface area contributed by atoms with Gasteiger partial charge < -0.3 is 10.6 Å². The molecule has 2 fully saturated rings. The van der Waals surface area contributed by atoms with Crippen molar-refractivity contribution in [1.82, 2.24) is 5.32 Å². The molecule has 0 radical (unpaired) electrons. The van der Waals surface area contributed by atoms with Gasteiger partial charge in [0.15, 0.2) is 0 Å². The summed E-state index contributed by atoms with van der Waals surface area (Å²) in [4.78, 5) is 13.0. The molecule has 6 rings (SSSR count). The smallest absolute Gasteiger partial charge is 0.251 e. The van der Waals surface area contributed by atoms with Gasteiger partial charge in [0, 0.05) is 29.3 Å². The topological polar surface area (TPSA) is 41.1 Å². The Morgan fingerprint density at radius 2 is 1.80 bits per heavy atom. The van der Waals surface area contributed by atoms with E-state index in [0.717, 1.165) is 28.9 Å². The zero-order valence-corrected chi connectivity index (χ0v) is 21.2. The lowest BCUT2D eigenvalue weighted by Crippen LogP contribution is -2.35. The van der Waals surface area contributed by atoms with Crippen LogP contribution in [0.2, 0.25) is 0 Å². The molecule has 0 saturated heterocycles. The molecule has 2 aliphatic carbocycles. The summed E-state index contributed by atoms with van der Waals surface area (Å²) in [5.41, 5.74) is 7.41. The molecule has 3 aromatic carbocycles. The van der Waals surface area contributed by atoms with E-state index < -0.39 is 0 Å². The van der Waals surface area contributed by atoms with Crippen LogP contribution in [0.3, 0.4) is 0 Å². The highest BCUT2D eigenvalue weighted by molar-refractivity contribution is 7.98. The number of carbonyl (C=O) groups is 1. The minimum atomic E-state index is 0.0497. The number of nitrogens with one attached hydrogen (secondary N) is 2. The van der Waals surface area contributed by atoms with Crippen LogP contribution in [0.1, 0.15) is 63.8 Å². The number of thioether (sulfide) groups is 1. The molecule has 0 unspecified atom stereocenters. The number of fused-ring (bicyclic) bond motifs is 7. The Hall–Kier alpha value is -2.72. The number of carbonyl (C=O) groups excluding carboxylic acids is 1. The molecule has 1 heterocycles. The van der Waals surface area contributed by atoms with E-state index in [-0.39, 0.29) is 5.91 Å². The minimum absolute atomic E-state index is 0.0497. The van der Waals surface area contributed by atoms with Crippen molar-refractivity contribution in [3.05, 3.63) is 101 Å². The van der Waals surface area contributed by atoms with Crippen LogP contribution in [0.4, 0.5) is 5.69 Å². The van der Waals surface area contributed by atoms with Crippen molar-refractivity contribution in [1.29, 1.82) is 0 Å². The van der Waals surface area contributed by atoms with E-state index in [1.54, 1.807) is 0 Å². The summed E-state index contributed by atoms with van der Waals surface area (Å²) in [6, 6.07) is 26.3. The Morgan fingerprint density at radius 1 is 1.00 bits per heavy atom. The summed E-state index contributed by atoms with van der Waals surface area (Å²) >= 11 is 1.87. The molecule has 0 aromatic heterocycles. The third-order valence-electron chi connectivity index (χ3n) is 8.43. The maximum absolute atomic E-state index is 13.0. The summed E-state index contributed by atoms with van der Waals surface area (Å²) < 4.78 is 0. The van der Waals surface area contributed by atoms with Gasteiger partial charge in [-0.1, -0.05) is 60.2 Å². The first-order valence-corrected chi connectivity index (χ1v) is 14.2. The predicted octanol–water partition coefficient (Wildman–Crippen LogP) is 6.95. The predicted molar refractivity (Wildman–Crippen MR) is 146 cm³/mol. The molecule has 2 saturated carbocycles. The Labute approximate surface area is 213 Å². The molecule has 180 valence electrons. The number of benzene rings is 3. The molecular formula is C31H34N2OS. The quantitative estimate of drug-likeness (QED) is 0.358. The molecule has 3 aliphatic rings. The summed E-state index contributed by atoms with van der Waals surface area (Å²) in [5, 5.41) is 7.03. The Kier molecular flexibility index (Phi) is 6.32. The fourth-order valence-electron chi connectivity index (χ4n) is 6.83. The third kappa shape index (κ3) is 4.49. The molecular weight excluding hydrogens is 448 g/mol. The summed E-state index contributed by atoms with van der Waals surface area (Å²) in [5.74, 6) is 4.68. The molecule has 3 nitrogen and oxygen atoms in total. The van der Waals surface area contributed by atoms with E-state index in [1.807, 2.05) is 17.8 Å². The van der Waals surface area contributed by atoms with Gasteiger partial charge in [0.05, 0.1) is 6.04 Å². The SMILES string of the molecule is Cc1ccc(CSCCNC(=O)c2ccc3c(c2)[C@@H]2[C@H]4CC[C@@H](C4)[C@@H]2[C@@H](c2ccccc2)N3)cc1. The Bertz CT molecular complexity index is 1190. The van der Waals surface area contributed by atoms with E-state index in [4.69, 9.17) is 0 Å². The van der Waals surface area contributed by atoms with Crippen LogP contribution in [0, 0.1) is 24.7 Å². The van der Waals surface area contributed by atoms with E-state index in [0.29, 0.717) is 24.4 Å². The Balaban J connectivity index is 1.13. The highest BCUT2D eigenvalue weighted by Crippen LogP contribution is 2.63. The van der Waals surface area contributed by atoms with Gasteiger partial charge >= 0.3 is 0 Å². The van der Waals surface area contributed by atoms with Gasteiger partial charge in [0.25, 0.3) is 5.91 Å². The van der Waals surface area contributed by atoms with Gasteiger partial charge in [-0.3, -0.25) is 4.79 Å². The zero-order valence-electron chi connectivity index (χ0n) is 20.4. The van der Waals surface area contributed by atoms with Crippen molar-refractivity contribution in [2.45, 2.75) is 43.9 Å². The maximum atomic E-state index is 13.0. The van der Waals surface area contributed by atoms with Crippen molar-refractivity contribution < 1.29 is 4.79 Å². The molecule has 3 aromatic rings. The summed E-state index contributed by atoms with van der Waals surface area (Å²) in [7, 11) is 0. The fraction of sp³-hybridized carbons (Fsp3) is 0.387. The third-order valence-corrected chi connectivity index (χ3v) is 9.46. The van der Waals surface area contributed by atoms with Gasteiger partial charge in [-0.25, -0.2) is 0 Å². The second-order valence-electron chi connectivity index (χ2n) is 10.6. The van der Waals surface area contributed by atoms with Crippen LogP contribution in [-0.4, -0.2) is 18.2 Å². The van der Waals surface area contributed by atoms with Crippen LogP contribution >= 0.6 is 11.8 Å². The fourth-order valence-corrected chi connectivity index (χ4v) is 7.65. The molecule has 1 amide bonds. The van der Waals surface area contributed by atoms with E-state index in [9.17, 15) is 4.79 Å². The number of anilines is 1. The largest absolute Gasteiger partial charge is 0.378 e. The highest BCUT2D eigenvalue weighted by Gasteiger charge is 2.53. The van der Waals surface area contributed by atoms with Crippen molar-refractivity contribution in [2.24, 2.45) is 17.8 Å². The van der Waals surface area contributed by atoms with E-state index in [2.05, 4.69) is 84.3 Å². The van der Waals surface area contributed by atoms with Gasteiger partial charge in [-0.05, 0) is 84.7 Å². The first kappa shape index (κ1) is 22.7. The zero-order chi connectivity index (χ0) is 23.8. The van der Waals surface area contributed by atoms with Crippen LogP contribution in [-0.2, 0) is 5.75 Å². The molecule has 0 spiro atoms. The van der Waals surface area contributed by atoms with Gasteiger partial charge in [0.1, 0.15) is 0 Å². The molecule has 35 heavy (non-hydrogen) atoms. The standard InChI is InChI=1S/C31H34N2OS/c1-20-7-9-21(10-8-20)19-35-16-15-32-31(34)25-13-14-27-26(18-25)28-23-11-12-24(17-23)29(28)30(33-27)22-5-3-2-4-6-22/h2-10,13-14,18,23-24,28-30,33H,11-12,15-17,19H2,1H3,(H,32,34)/t23-,24-,28-,29-,30+/m0/s1. The van der Waals surface area contributed by atoms with Crippen molar-refractivity contribution in [3.8, 4) is 0 Å². The normalized spacial score (nSPS) is 26.0. The average Bonchev–Trinajstić information content (AvgIpc) is 3.52. The average molecular weight is 483 g/mol. The molecule has 2 N–H and O–H groups in total. The minimum Gasteiger partial charge on any atom is -0.378 e. The number of hydrogen-bond donors (Lipinski definition) is 2. The Morgan fingerprint density at radius 3 is 2.63 bits per heavy atom. The first-order chi connectivity index (χ1) is 17.2. The van der Waals surface area contributed by atoms with E-state index in [1.165, 1.54) is 47.2 Å². The molecule has 5 atom stereocenters. The number of hydrogen-bond acceptors (Lipinski definition) is 3. The molecule has 1 aliphatic heterocycles. The van der Waals surface area contributed by atoms with Crippen LogP contribution in [0.25, 0.3) is 0 Å². The molecule has 2 bridgehead atoms. The van der Waals surface area contributed by atoms with Gasteiger partial charge in [0.2, 0.25) is 0 Å². The van der Waals surface area contributed by atoms with Gasteiger partial charge in [-0.2, -0.15) is 11.8 Å². The lowest BCUT2D eigenvalue weighted by molar-refractivity contribution is 0.0956. The molecule has 4 heteroatoms. The summed E-state index contributed by atoms with van der Waals surface area (Å²) in [6.45, 7) is 2.81. The summed E-state index contributed by atoms with van der Waals surface area (Å²) in [6.07, 6.45) is 4.03. The van der Waals surface area contributed by atoms with Crippen LogP contribution < -0.4 is 10.6 Å². The lowest BCUT2D eigenvalue weighted by Gasteiger charge is -2.43. The highest BCUT2D eigenvalue weighted by atomic mass is 32.2. The van der Waals surface area contributed by atoms with E-state index >= 15 is 0 Å². The van der Waals surface area contributed by atoms with Crippen LogP contribution in [0.5, 0.6) is 0 Å². The maximum Gasteiger partial charge on any atom is 0.251 e. The monoisotopic (exact) mass is 482 g/mol. The van der Waals surface area contributed by atoms with Crippen molar-refractivity contribution in [3.63, 3.8) is 0 Å². The number of aryl methyl sites for hydroxylation is 1. The second-order valence-corrected chi connectivity index (χ2v) is 11.7. The first-order valence-electron chi connectivity index (χ1n) is 13.0. The number of amides is 1.